The van der Waals surface area contributed by atoms with Crippen LogP contribution in [0.5, 0.6) is 0 Å². The minimum atomic E-state index is -0.934. The zero-order valence-corrected chi connectivity index (χ0v) is 22.8. The lowest BCUT2D eigenvalue weighted by atomic mass is 10.0. The molecule has 1 N–H and O–H groups in total. The van der Waals surface area contributed by atoms with Crippen molar-refractivity contribution in [3.8, 4) is 0 Å². The predicted molar refractivity (Wildman–Crippen MR) is 140 cm³/mol. The van der Waals surface area contributed by atoms with E-state index in [1.165, 1.54) is 89.9 Å². The van der Waals surface area contributed by atoms with Crippen molar-refractivity contribution >= 4 is 5.97 Å². The SMILES string of the molecule is CCCCCCCCCCCCCCCCCC(O)C[N+](C)(C)CCCCCCCC(=O)[O-]. The van der Waals surface area contributed by atoms with Gasteiger partial charge in [-0.1, -0.05) is 116 Å². The maximum Gasteiger partial charge on any atom is 0.105 e. The number of aliphatic carboxylic acids is 1. The van der Waals surface area contributed by atoms with Gasteiger partial charge in [-0.15, -0.1) is 0 Å². The average molecular weight is 470 g/mol. The van der Waals surface area contributed by atoms with Crippen molar-refractivity contribution in [3.05, 3.63) is 0 Å². The molecule has 0 bridgehead atoms. The van der Waals surface area contributed by atoms with E-state index in [1.807, 2.05) is 0 Å². The summed E-state index contributed by atoms with van der Waals surface area (Å²) in [6.45, 7) is 4.20. The molecule has 0 spiro atoms. The zero-order chi connectivity index (χ0) is 24.6. The van der Waals surface area contributed by atoms with Crippen LogP contribution < -0.4 is 5.11 Å². The molecule has 0 rings (SSSR count). The summed E-state index contributed by atoms with van der Waals surface area (Å²) in [5.41, 5.74) is 0. The van der Waals surface area contributed by atoms with Crippen LogP contribution in [0.15, 0.2) is 0 Å². The van der Waals surface area contributed by atoms with E-state index in [2.05, 4.69) is 21.0 Å². The fourth-order valence-corrected chi connectivity index (χ4v) is 4.84. The molecule has 0 amide bonds. The van der Waals surface area contributed by atoms with Crippen LogP contribution in [-0.2, 0) is 4.79 Å². The maximum absolute atomic E-state index is 10.4. The number of carbonyl (C=O) groups is 1. The molecule has 0 aliphatic rings. The fourth-order valence-electron chi connectivity index (χ4n) is 4.84. The highest BCUT2D eigenvalue weighted by atomic mass is 16.4. The molecule has 0 radical (unpaired) electrons. The molecule has 0 aromatic carbocycles. The molecule has 0 aromatic heterocycles. The van der Waals surface area contributed by atoms with Gasteiger partial charge in [0.25, 0.3) is 0 Å². The molecule has 0 fully saturated rings. The Bertz CT molecular complexity index is 425. The molecule has 0 heterocycles. The van der Waals surface area contributed by atoms with Crippen LogP contribution >= 0.6 is 0 Å². The van der Waals surface area contributed by atoms with Gasteiger partial charge in [0.15, 0.2) is 0 Å². The monoisotopic (exact) mass is 469 g/mol. The minimum absolute atomic E-state index is 0.188. The van der Waals surface area contributed by atoms with Crippen molar-refractivity contribution in [2.45, 2.75) is 154 Å². The van der Waals surface area contributed by atoms with E-state index in [1.54, 1.807) is 0 Å². The van der Waals surface area contributed by atoms with Crippen LogP contribution in [0.1, 0.15) is 148 Å². The van der Waals surface area contributed by atoms with Crippen molar-refractivity contribution in [3.63, 3.8) is 0 Å². The number of carboxylic acids is 1. The smallest absolute Gasteiger partial charge is 0.105 e. The van der Waals surface area contributed by atoms with Crippen LogP contribution in [-0.4, -0.2) is 48.8 Å². The first-order chi connectivity index (χ1) is 15.9. The Hall–Kier alpha value is -0.610. The Balaban J connectivity index is 3.43. The van der Waals surface area contributed by atoms with Gasteiger partial charge in [-0.25, -0.2) is 0 Å². The first kappa shape index (κ1) is 32.4. The normalized spacial score (nSPS) is 12.8. The molecule has 0 saturated carbocycles. The highest BCUT2D eigenvalue weighted by Crippen LogP contribution is 2.15. The van der Waals surface area contributed by atoms with Crippen molar-refractivity contribution in [2.75, 3.05) is 27.2 Å². The number of likely N-dealkylation sites (N-methyl/N-ethyl adjacent to an activating group) is 1. The van der Waals surface area contributed by atoms with Gasteiger partial charge in [0.1, 0.15) is 12.6 Å². The second-order valence-corrected chi connectivity index (χ2v) is 11.1. The van der Waals surface area contributed by atoms with Crippen LogP contribution in [0.2, 0.25) is 0 Å². The van der Waals surface area contributed by atoms with Gasteiger partial charge >= 0.3 is 0 Å². The van der Waals surface area contributed by atoms with Crippen molar-refractivity contribution in [1.29, 1.82) is 0 Å². The Kier molecular flexibility index (Phi) is 22.7. The highest BCUT2D eigenvalue weighted by Gasteiger charge is 2.19. The molecule has 4 heteroatoms. The number of carboxylic acid groups (broad SMARTS) is 1. The number of nitrogens with zero attached hydrogens (tertiary/aromatic N) is 1. The van der Waals surface area contributed by atoms with Gasteiger partial charge < -0.3 is 19.5 Å². The van der Waals surface area contributed by atoms with Crippen molar-refractivity contribution in [2.24, 2.45) is 0 Å². The summed E-state index contributed by atoms with van der Waals surface area (Å²) in [5.74, 6) is -0.934. The van der Waals surface area contributed by atoms with E-state index in [9.17, 15) is 15.0 Å². The molecule has 33 heavy (non-hydrogen) atoms. The summed E-state index contributed by atoms with van der Waals surface area (Å²) in [7, 11) is 4.43. The van der Waals surface area contributed by atoms with Gasteiger partial charge in [0.2, 0.25) is 0 Å². The molecule has 4 nitrogen and oxygen atoms in total. The number of carbonyl (C=O) groups excluding carboxylic acids is 1. The maximum atomic E-state index is 10.4. The molecule has 198 valence electrons. The number of rotatable bonds is 26. The molecular weight excluding hydrogens is 410 g/mol. The molecule has 0 aliphatic carbocycles. The Morgan fingerprint density at radius 1 is 0.667 bits per heavy atom. The summed E-state index contributed by atoms with van der Waals surface area (Å²) in [6.07, 6.45) is 26.7. The third kappa shape index (κ3) is 25.8. The number of aliphatic hydroxyl groups excluding tert-OH is 1. The first-order valence-corrected chi connectivity index (χ1v) is 14.6. The largest absolute Gasteiger partial charge is 0.550 e. The van der Waals surface area contributed by atoms with Gasteiger partial charge in [0, 0.05) is 5.97 Å². The highest BCUT2D eigenvalue weighted by molar-refractivity contribution is 5.63. The molecule has 0 saturated heterocycles. The van der Waals surface area contributed by atoms with E-state index in [0.717, 1.165) is 62.5 Å². The van der Waals surface area contributed by atoms with Crippen molar-refractivity contribution in [1.82, 2.24) is 0 Å². The number of unbranched alkanes of at least 4 members (excludes halogenated alkanes) is 18. The van der Waals surface area contributed by atoms with Gasteiger partial charge in [0.05, 0.1) is 20.6 Å². The second kappa shape index (κ2) is 23.1. The number of hydrogen-bond acceptors (Lipinski definition) is 3. The Morgan fingerprint density at radius 3 is 1.52 bits per heavy atom. The number of quaternary nitrogens is 1. The van der Waals surface area contributed by atoms with Gasteiger partial charge in [-0.2, -0.15) is 0 Å². The summed E-state index contributed by atoms with van der Waals surface area (Å²) in [4.78, 5) is 10.4. The van der Waals surface area contributed by atoms with E-state index < -0.39 is 5.97 Å². The van der Waals surface area contributed by atoms with E-state index in [4.69, 9.17) is 0 Å². The van der Waals surface area contributed by atoms with Gasteiger partial charge in [-0.3, -0.25) is 0 Å². The Morgan fingerprint density at radius 2 is 1.06 bits per heavy atom. The average Bonchev–Trinajstić information content (AvgIpc) is 2.75. The number of hydrogen-bond donors (Lipinski definition) is 1. The van der Waals surface area contributed by atoms with Gasteiger partial charge in [-0.05, 0) is 32.1 Å². The summed E-state index contributed by atoms with van der Waals surface area (Å²) in [5, 5.41) is 20.8. The van der Waals surface area contributed by atoms with Crippen molar-refractivity contribution < 1.29 is 19.5 Å². The molecule has 0 aromatic rings. The molecular formula is C29H59NO3. The summed E-state index contributed by atoms with van der Waals surface area (Å²) >= 11 is 0. The standard InChI is InChI=1S/C29H59NO3/c1-4-5-6-7-8-9-10-11-12-13-14-15-16-18-21-24-28(31)27-30(2,3)26-23-20-17-19-22-25-29(32)33/h28,31H,4-27H2,1-3H3. The second-order valence-electron chi connectivity index (χ2n) is 11.1. The summed E-state index contributed by atoms with van der Waals surface area (Å²) < 4.78 is 0.874. The van der Waals surface area contributed by atoms with Crippen LogP contribution in [0.25, 0.3) is 0 Å². The summed E-state index contributed by atoms with van der Waals surface area (Å²) in [6, 6.07) is 0. The number of aliphatic hydroxyl groups is 1. The molecule has 0 aliphatic heterocycles. The molecule has 1 atom stereocenters. The van der Waals surface area contributed by atoms with Crippen LogP contribution in [0.3, 0.4) is 0 Å². The molecule has 1 unspecified atom stereocenters. The lowest BCUT2D eigenvalue weighted by Gasteiger charge is -2.32. The first-order valence-electron chi connectivity index (χ1n) is 14.6. The Labute approximate surface area is 207 Å². The third-order valence-corrected chi connectivity index (χ3v) is 6.99. The lowest BCUT2D eigenvalue weighted by molar-refractivity contribution is -0.893. The predicted octanol–water partition coefficient (Wildman–Crippen LogP) is 6.78. The van der Waals surface area contributed by atoms with Crippen LogP contribution in [0.4, 0.5) is 0 Å². The fraction of sp³-hybridized carbons (Fsp3) is 0.966. The zero-order valence-electron chi connectivity index (χ0n) is 22.8. The quantitative estimate of drug-likeness (QED) is 0.112. The lowest BCUT2D eigenvalue weighted by Crippen LogP contribution is -2.45. The third-order valence-electron chi connectivity index (χ3n) is 6.99. The topological polar surface area (TPSA) is 60.4 Å². The van der Waals surface area contributed by atoms with E-state index >= 15 is 0 Å². The van der Waals surface area contributed by atoms with E-state index in [-0.39, 0.29) is 12.5 Å². The minimum Gasteiger partial charge on any atom is -0.550 e. The van der Waals surface area contributed by atoms with Crippen LogP contribution in [0, 0.1) is 0 Å². The van der Waals surface area contributed by atoms with E-state index in [0.29, 0.717) is 0 Å².